The molecule has 0 radical (unpaired) electrons. The van der Waals surface area contributed by atoms with E-state index in [1.807, 2.05) is 30.3 Å². The van der Waals surface area contributed by atoms with Crippen LogP contribution in [0.3, 0.4) is 0 Å². The average molecular weight is 313 g/mol. The van der Waals surface area contributed by atoms with Crippen LogP contribution in [0.1, 0.15) is 38.8 Å². The van der Waals surface area contributed by atoms with E-state index >= 15 is 0 Å². The highest BCUT2D eigenvalue weighted by Gasteiger charge is 2.05. The minimum absolute atomic E-state index is 0.0271. The van der Waals surface area contributed by atoms with Crippen molar-refractivity contribution >= 4 is 5.97 Å². The van der Waals surface area contributed by atoms with Gasteiger partial charge >= 0.3 is 5.97 Å². The molecule has 0 bridgehead atoms. The van der Waals surface area contributed by atoms with Gasteiger partial charge in [0.25, 0.3) is 0 Å². The number of aliphatic carboxylic acids is 1. The monoisotopic (exact) mass is 313 g/mol. The molecule has 23 heavy (non-hydrogen) atoms. The number of likely N-dealkylation sites (N-methyl/N-ethyl adjacent to an activating group) is 1. The molecule has 3 heteroatoms. The predicted molar refractivity (Wildman–Crippen MR) is 95.1 cm³/mol. The van der Waals surface area contributed by atoms with Gasteiger partial charge in [-0.1, -0.05) is 49.1 Å². The van der Waals surface area contributed by atoms with E-state index in [0.29, 0.717) is 0 Å². The number of nitrogens with zero attached hydrogens (tertiary/aromatic N) is 1. The topological polar surface area (TPSA) is 40.5 Å². The molecule has 124 valence electrons. The Morgan fingerprint density at radius 2 is 2.00 bits per heavy atom. The summed E-state index contributed by atoms with van der Waals surface area (Å²) in [7, 11) is 0. The van der Waals surface area contributed by atoms with Crippen molar-refractivity contribution in [2.45, 2.75) is 40.7 Å². The first-order valence-electron chi connectivity index (χ1n) is 8.00. The van der Waals surface area contributed by atoms with E-state index < -0.39 is 5.97 Å². The van der Waals surface area contributed by atoms with E-state index in [9.17, 15) is 4.79 Å². The van der Waals surface area contributed by atoms with Crippen molar-refractivity contribution in [1.29, 1.82) is 0 Å². The first-order valence-corrected chi connectivity index (χ1v) is 8.00. The summed E-state index contributed by atoms with van der Waals surface area (Å²) in [5.74, 6) is 5.46. The van der Waals surface area contributed by atoms with Crippen molar-refractivity contribution in [3.63, 3.8) is 0 Å². The Hall–Kier alpha value is -2.05. The van der Waals surface area contributed by atoms with Gasteiger partial charge in [-0.3, -0.25) is 9.69 Å². The second kappa shape index (κ2) is 9.17. The lowest BCUT2D eigenvalue weighted by Crippen LogP contribution is -2.22. The average Bonchev–Trinajstić information content (AvgIpc) is 2.44. The van der Waals surface area contributed by atoms with E-state index in [2.05, 4.69) is 50.5 Å². The highest BCUT2D eigenvalue weighted by atomic mass is 16.4. The number of carboxylic acids is 1. The van der Waals surface area contributed by atoms with Crippen molar-refractivity contribution in [3.8, 4) is 11.8 Å². The highest BCUT2D eigenvalue weighted by Crippen LogP contribution is 2.10. The van der Waals surface area contributed by atoms with Gasteiger partial charge in [0.1, 0.15) is 0 Å². The second-order valence-corrected chi connectivity index (χ2v) is 6.64. The van der Waals surface area contributed by atoms with Crippen LogP contribution in [0.5, 0.6) is 0 Å². The smallest absolute Gasteiger partial charge is 0.307 e. The summed E-state index contributed by atoms with van der Waals surface area (Å²) >= 11 is 0. The fourth-order valence-electron chi connectivity index (χ4n) is 2.10. The fourth-order valence-corrected chi connectivity index (χ4v) is 2.10. The van der Waals surface area contributed by atoms with Gasteiger partial charge in [0.05, 0.1) is 6.42 Å². The summed E-state index contributed by atoms with van der Waals surface area (Å²) in [6, 6.07) is 7.79. The quantitative estimate of drug-likeness (QED) is 0.780. The largest absolute Gasteiger partial charge is 0.481 e. The molecule has 0 atom stereocenters. The Kier molecular flexibility index (Phi) is 7.57. The van der Waals surface area contributed by atoms with E-state index in [1.165, 1.54) is 0 Å². The van der Waals surface area contributed by atoms with Gasteiger partial charge in [0.15, 0.2) is 0 Å². The van der Waals surface area contributed by atoms with Crippen LogP contribution in [-0.4, -0.2) is 29.1 Å². The molecule has 1 aromatic rings. The van der Waals surface area contributed by atoms with Crippen LogP contribution in [0.2, 0.25) is 0 Å². The lowest BCUT2D eigenvalue weighted by Gasteiger charge is -2.18. The number of carbonyl (C=O) groups is 1. The molecule has 0 spiro atoms. The van der Waals surface area contributed by atoms with Gasteiger partial charge < -0.3 is 5.11 Å². The van der Waals surface area contributed by atoms with Crippen molar-refractivity contribution in [2.24, 2.45) is 5.41 Å². The Morgan fingerprint density at radius 1 is 1.30 bits per heavy atom. The van der Waals surface area contributed by atoms with Crippen LogP contribution >= 0.6 is 0 Å². The molecule has 0 heterocycles. The summed E-state index contributed by atoms with van der Waals surface area (Å²) in [6.07, 6.45) is 4.06. The molecule has 1 rings (SSSR count). The molecule has 0 fully saturated rings. The first-order chi connectivity index (χ1) is 10.8. The number of hydrogen-bond acceptors (Lipinski definition) is 2. The van der Waals surface area contributed by atoms with Gasteiger partial charge in [-0.2, -0.15) is 0 Å². The van der Waals surface area contributed by atoms with E-state index in [0.717, 1.165) is 30.8 Å². The number of hydrogen-bond donors (Lipinski definition) is 1. The first kappa shape index (κ1) is 19.0. The minimum atomic E-state index is -0.796. The molecule has 0 aliphatic carbocycles. The van der Waals surface area contributed by atoms with Crippen LogP contribution in [0.25, 0.3) is 0 Å². The van der Waals surface area contributed by atoms with Crippen molar-refractivity contribution in [2.75, 3.05) is 13.1 Å². The molecule has 0 saturated heterocycles. The molecule has 1 aromatic carbocycles. The summed E-state index contributed by atoms with van der Waals surface area (Å²) in [4.78, 5) is 13.1. The molecule has 0 amide bonds. The van der Waals surface area contributed by atoms with Crippen LogP contribution in [0.15, 0.2) is 36.4 Å². The zero-order chi connectivity index (χ0) is 17.3. The molecule has 0 unspecified atom stereocenters. The zero-order valence-electron chi connectivity index (χ0n) is 14.6. The van der Waals surface area contributed by atoms with Crippen LogP contribution < -0.4 is 0 Å². The number of allylic oxidation sites excluding steroid dienone is 1. The van der Waals surface area contributed by atoms with Gasteiger partial charge in [0, 0.05) is 18.5 Å². The Balaban J connectivity index is 2.60. The Labute approximate surface area is 140 Å². The van der Waals surface area contributed by atoms with Crippen LogP contribution in [0.4, 0.5) is 0 Å². The maximum Gasteiger partial charge on any atom is 0.307 e. The SMILES string of the molecule is CCN(CC=CC#CC(C)(C)C)Cc1cccc(CC(=O)O)c1. The van der Waals surface area contributed by atoms with E-state index in [1.54, 1.807) is 0 Å². The van der Waals surface area contributed by atoms with Crippen molar-refractivity contribution in [3.05, 3.63) is 47.5 Å². The molecule has 0 aromatic heterocycles. The van der Waals surface area contributed by atoms with Gasteiger partial charge in [0.2, 0.25) is 0 Å². The van der Waals surface area contributed by atoms with E-state index in [4.69, 9.17) is 5.11 Å². The standard InChI is InChI=1S/C20H27NO2/c1-5-21(13-8-6-7-12-20(2,3)4)16-18-11-9-10-17(14-18)15-19(22)23/h6,8-11,14H,5,13,15-16H2,1-4H3,(H,22,23). The molecule has 0 aliphatic heterocycles. The molecule has 1 N–H and O–H groups in total. The van der Waals surface area contributed by atoms with Gasteiger partial charge in [-0.25, -0.2) is 0 Å². The van der Waals surface area contributed by atoms with Gasteiger partial charge in [-0.15, -0.1) is 0 Å². The summed E-state index contributed by atoms with van der Waals surface area (Å²) < 4.78 is 0. The number of carboxylic acid groups (broad SMARTS) is 1. The molecule has 0 saturated carbocycles. The fraction of sp³-hybridized carbons (Fsp3) is 0.450. The third-order valence-corrected chi connectivity index (χ3v) is 3.21. The van der Waals surface area contributed by atoms with E-state index in [-0.39, 0.29) is 11.8 Å². The molecular formula is C20H27NO2. The summed E-state index contributed by atoms with van der Waals surface area (Å²) in [6.45, 7) is 11.0. The maximum atomic E-state index is 10.8. The summed E-state index contributed by atoms with van der Waals surface area (Å²) in [5, 5.41) is 8.88. The van der Waals surface area contributed by atoms with Gasteiger partial charge in [-0.05, 0) is 44.5 Å². The maximum absolute atomic E-state index is 10.8. The second-order valence-electron chi connectivity index (χ2n) is 6.64. The third kappa shape index (κ3) is 8.85. The lowest BCUT2D eigenvalue weighted by atomic mass is 9.98. The molecule has 3 nitrogen and oxygen atoms in total. The Morgan fingerprint density at radius 3 is 2.61 bits per heavy atom. The summed E-state index contributed by atoms with van der Waals surface area (Å²) in [5.41, 5.74) is 2.01. The van der Waals surface area contributed by atoms with Crippen LogP contribution in [0, 0.1) is 17.3 Å². The van der Waals surface area contributed by atoms with Crippen LogP contribution in [-0.2, 0) is 17.8 Å². The number of benzene rings is 1. The predicted octanol–water partition coefficient (Wildman–Crippen LogP) is 3.74. The zero-order valence-corrected chi connectivity index (χ0v) is 14.6. The Bertz CT molecular complexity index is 600. The minimum Gasteiger partial charge on any atom is -0.481 e. The lowest BCUT2D eigenvalue weighted by molar-refractivity contribution is -0.136. The third-order valence-electron chi connectivity index (χ3n) is 3.21. The highest BCUT2D eigenvalue weighted by molar-refractivity contribution is 5.70. The molecular weight excluding hydrogens is 286 g/mol. The molecule has 0 aliphatic rings. The number of rotatable bonds is 7. The van der Waals surface area contributed by atoms with Crippen molar-refractivity contribution in [1.82, 2.24) is 4.90 Å². The van der Waals surface area contributed by atoms with Crippen molar-refractivity contribution < 1.29 is 9.90 Å². The normalized spacial score (nSPS) is 11.5.